The Morgan fingerprint density at radius 2 is 1.95 bits per heavy atom. The molecule has 1 fully saturated rings. The molecule has 1 aliphatic carbocycles. The van der Waals surface area contributed by atoms with Gasteiger partial charge >= 0.3 is 12.0 Å². The van der Waals surface area contributed by atoms with Crippen molar-refractivity contribution in [2.75, 3.05) is 6.54 Å². The third-order valence-corrected chi connectivity index (χ3v) is 4.11. The average Bonchev–Trinajstić information content (AvgIpc) is 3.04. The highest BCUT2D eigenvalue weighted by atomic mass is 16.4. The lowest BCUT2D eigenvalue weighted by Crippen LogP contribution is -2.39. The van der Waals surface area contributed by atoms with Crippen LogP contribution in [-0.4, -0.2) is 23.7 Å². The van der Waals surface area contributed by atoms with Gasteiger partial charge in [-0.15, -0.1) is 0 Å². The van der Waals surface area contributed by atoms with Crippen molar-refractivity contribution in [3.8, 4) is 0 Å². The van der Waals surface area contributed by atoms with E-state index >= 15 is 0 Å². The van der Waals surface area contributed by atoms with Crippen LogP contribution in [0.1, 0.15) is 38.3 Å². The van der Waals surface area contributed by atoms with Gasteiger partial charge in [0.1, 0.15) is 0 Å². The molecule has 3 N–H and O–H groups in total. The fourth-order valence-electron chi connectivity index (χ4n) is 2.46. The summed E-state index contributed by atoms with van der Waals surface area (Å²) in [5.41, 5.74) is 1.11. The third-order valence-electron chi connectivity index (χ3n) is 4.11. The lowest BCUT2D eigenvalue weighted by molar-refractivity contribution is -0.137. The molecule has 5 heteroatoms. The largest absolute Gasteiger partial charge is 0.481 e. The van der Waals surface area contributed by atoms with Crippen molar-refractivity contribution in [2.24, 2.45) is 11.3 Å². The number of nitrogens with one attached hydrogen (secondary N) is 2. The minimum atomic E-state index is -0.938. The smallest absolute Gasteiger partial charge is 0.315 e. The Bertz CT molecular complexity index is 514. The molecule has 1 aromatic carbocycles. The molecule has 1 aromatic rings. The molecule has 21 heavy (non-hydrogen) atoms. The van der Waals surface area contributed by atoms with E-state index in [1.54, 1.807) is 0 Å². The number of amides is 2. The highest BCUT2D eigenvalue weighted by Gasteiger charge is 2.45. The van der Waals surface area contributed by atoms with Crippen molar-refractivity contribution in [3.05, 3.63) is 35.9 Å². The van der Waals surface area contributed by atoms with E-state index in [0.29, 0.717) is 17.9 Å². The number of rotatable bonds is 6. The van der Waals surface area contributed by atoms with Crippen LogP contribution in [0.5, 0.6) is 0 Å². The Balaban J connectivity index is 1.89. The number of carboxylic acid groups (broad SMARTS) is 1. The monoisotopic (exact) mass is 290 g/mol. The summed E-state index contributed by atoms with van der Waals surface area (Å²) in [5, 5.41) is 14.6. The molecule has 0 aromatic heterocycles. The van der Waals surface area contributed by atoms with Crippen LogP contribution in [0.3, 0.4) is 0 Å². The Kier molecular flexibility index (Phi) is 4.50. The first-order chi connectivity index (χ1) is 9.88. The number of urea groups is 1. The van der Waals surface area contributed by atoms with E-state index in [-0.39, 0.29) is 12.5 Å². The fourth-order valence-corrected chi connectivity index (χ4v) is 2.46. The zero-order valence-electron chi connectivity index (χ0n) is 12.4. The van der Waals surface area contributed by atoms with E-state index in [9.17, 15) is 9.59 Å². The number of carboxylic acids is 1. The van der Waals surface area contributed by atoms with Crippen LogP contribution in [0, 0.1) is 11.3 Å². The van der Waals surface area contributed by atoms with Gasteiger partial charge < -0.3 is 15.7 Å². The van der Waals surface area contributed by atoms with Gasteiger partial charge in [0.05, 0.1) is 12.5 Å². The van der Waals surface area contributed by atoms with E-state index in [0.717, 1.165) is 12.0 Å². The first-order valence-electron chi connectivity index (χ1n) is 7.19. The van der Waals surface area contributed by atoms with Crippen LogP contribution in [0.15, 0.2) is 30.3 Å². The summed E-state index contributed by atoms with van der Waals surface area (Å²) in [6.07, 6.45) is 0.983. The second kappa shape index (κ2) is 6.16. The molecule has 0 saturated heterocycles. The van der Waals surface area contributed by atoms with Crippen molar-refractivity contribution in [1.82, 2.24) is 10.6 Å². The van der Waals surface area contributed by atoms with Gasteiger partial charge in [0.2, 0.25) is 0 Å². The van der Waals surface area contributed by atoms with Gasteiger partial charge in [-0.25, -0.2) is 4.79 Å². The molecule has 0 spiro atoms. The van der Waals surface area contributed by atoms with Gasteiger partial charge in [0, 0.05) is 6.54 Å². The highest BCUT2D eigenvalue weighted by Crippen LogP contribution is 2.50. The molecule has 114 valence electrons. The van der Waals surface area contributed by atoms with Gasteiger partial charge in [-0.05, 0) is 23.3 Å². The molecule has 2 rings (SSSR count). The van der Waals surface area contributed by atoms with Gasteiger partial charge in [0.15, 0.2) is 0 Å². The van der Waals surface area contributed by atoms with Crippen LogP contribution in [-0.2, 0) is 4.79 Å². The van der Waals surface area contributed by atoms with Crippen LogP contribution in [0.2, 0.25) is 0 Å². The molecule has 2 atom stereocenters. The summed E-state index contributed by atoms with van der Waals surface area (Å²) in [6, 6.07) is 8.32. The first-order valence-corrected chi connectivity index (χ1v) is 7.19. The van der Waals surface area contributed by atoms with Crippen molar-refractivity contribution in [1.29, 1.82) is 0 Å². The molecule has 2 unspecified atom stereocenters. The van der Waals surface area contributed by atoms with Gasteiger partial charge in [-0.1, -0.05) is 44.2 Å². The highest BCUT2D eigenvalue weighted by molar-refractivity contribution is 5.76. The van der Waals surface area contributed by atoms with E-state index < -0.39 is 12.0 Å². The van der Waals surface area contributed by atoms with Gasteiger partial charge in [0.25, 0.3) is 0 Å². The van der Waals surface area contributed by atoms with Gasteiger partial charge in [-0.2, -0.15) is 0 Å². The van der Waals surface area contributed by atoms with Crippen LogP contribution < -0.4 is 10.6 Å². The predicted molar refractivity (Wildman–Crippen MR) is 79.9 cm³/mol. The Hall–Kier alpha value is -2.04. The lowest BCUT2D eigenvalue weighted by atomic mass is 10.0. The standard InChI is InChI=1S/C16H22N2O3/c1-16(2)9-12(16)10-17-15(21)18-13(8-14(19)20)11-6-4-3-5-7-11/h3-7,12-13H,8-10H2,1-2H3,(H,19,20)(H2,17,18,21). The lowest BCUT2D eigenvalue weighted by Gasteiger charge is -2.18. The maximum atomic E-state index is 11.9. The van der Waals surface area contributed by atoms with E-state index in [1.165, 1.54) is 0 Å². The SMILES string of the molecule is CC1(C)CC1CNC(=O)NC(CC(=O)O)c1ccccc1. The van der Waals surface area contributed by atoms with Crippen molar-refractivity contribution >= 4 is 12.0 Å². The average molecular weight is 290 g/mol. The number of carbonyl (C=O) groups is 2. The fraction of sp³-hybridized carbons (Fsp3) is 0.500. The molecule has 1 saturated carbocycles. The van der Waals surface area contributed by atoms with E-state index in [2.05, 4.69) is 24.5 Å². The summed E-state index contributed by atoms with van der Waals surface area (Å²) in [6.45, 7) is 4.98. The zero-order valence-corrected chi connectivity index (χ0v) is 12.4. The molecular formula is C16H22N2O3. The Morgan fingerprint density at radius 3 is 2.48 bits per heavy atom. The maximum Gasteiger partial charge on any atom is 0.315 e. The molecule has 2 amide bonds. The number of aliphatic carboxylic acids is 1. The van der Waals surface area contributed by atoms with Crippen molar-refractivity contribution in [3.63, 3.8) is 0 Å². The number of benzene rings is 1. The quantitative estimate of drug-likeness (QED) is 0.753. The summed E-state index contributed by atoms with van der Waals surface area (Å²) in [4.78, 5) is 22.9. The summed E-state index contributed by atoms with van der Waals surface area (Å²) >= 11 is 0. The van der Waals surface area contributed by atoms with E-state index in [1.807, 2.05) is 30.3 Å². The van der Waals surface area contributed by atoms with Crippen molar-refractivity contribution < 1.29 is 14.7 Å². The molecular weight excluding hydrogens is 268 g/mol. The molecule has 1 aliphatic rings. The van der Waals surface area contributed by atoms with Crippen molar-refractivity contribution in [2.45, 2.75) is 32.7 Å². The Labute approximate surface area is 124 Å². The molecule has 0 heterocycles. The van der Waals surface area contributed by atoms with Gasteiger partial charge in [-0.3, -0.25) is 4.79 Å². The first kappa shape index (κ1) is 15.4. The maximum absolute atomic E-state index is 11.9. The second-order valence-corrected chi connectivity index (χ2v) is 6.31. The number of hydrogen-bond donors (Lipinski definition) is 3. The minimum Gasteiger partial charge on any atom is -0.481 e. The number of carbonyl (C=O) groups excluding carboxylic acids is 1. The van der Waals surface area contributed by atoms with Crippen LogP contribution in [0.25, 0.3) is 0 Å². The predicted octanol–water partition coefficient (Wildman–Crippen LogP) is 2.55. The normalized spacial score (nSPS) is 20.4. The molecule has 0 aliphatic heterocycles. The van der Waals surface area contributed by atoms with E-state index in [4.69, 9.17) is 5.11 Å². The zero-order chi connectivity index (χ0) is 15.5. The topological polar surface area (TPSA) is 78.4 Å². The molecule has 0 bridgehead atoms. The minimum absolute atomic E-state index is 0.133. The summed E-state index contributed by atoms with van der Waals surface area (Å²) in [5.74, 6) is -0.426. The Morgan fingerprint density at radius 1 is 1.33 bits per heavy atom. The van der Waals surface area contributed by atoms with Crippen LogP contribution >= 0.6 is 0 Å². The van der Waals surface area contributed by atoms with Crippen LogP contribution in [0.4, 0.5) is 4.79 Å². The molecule has 5 nitrogen and oxygen atoms in total. The summed E-state index contributed by atoms with van der Waals surface area (Å²) < 4.78 is 0. The molecule has 0 radical (unpaired) electrons. The third kappa shape index (κ3) is 4.48. The second-order valence-electron chi connectivity index (χ2n) is 6.31. The summed E-state index contributed by atoms with van der Waals surface area (Å²) in [7, 11) is 0. The number of hydrogen-bond acceptors (Lipinski definition) is 2.